The third kappa shape index (κ3) is 2.83. The highest BCUT2D eigenvalue weighted by atomic mass is 79.9. The van der Waals surface area contributed by atoms with Crippen LogP contribution >= 0.6 is 15.9 Å². The number of aromatic nitrogens is 1. The molecule has 3 aromatic carbocycles. The van der Waals surface area contributed by atoms with Crippen molar-refractivity contribution in [1.82, 2.24) is 4.98 Å². The maximum absolute atomic E-state index is 13.3. The van der Waals surface area contributed by atoms with Gasteiger partial charge in [-0.25, -0.2) is 4.99 Å². The maximum atomic E-state index is 13.3. The van der Waals surface area contributed by atoms with E-state index in [1.54, 1.807) is 0 Å². The Labute approximate surface area is 170 Å². The fourth-order valence-corrected chi connectivity index (χ4v) is 3.94. The normalized spacial score (nSPS) is 15.0. The second-order valence-corrected chi connectivity index (χ2v) is 7.57. The Bertz CT molecular complexity index is 1280. The van der Waals surface area contributed by atoms with Gasteiger partial charge in [0.25, 0.3) is 0 Å². The molecule has 1 aromatic heterocycles. The molecule has 5 rings (SSSR count). The first-order valence-corrected chi connectivity index (χ1v) is 9.76. The number of nitrogens with one attached hydrogen (secondary N) is 1. The summed E-state index contributed by atoms with van der Waals surface area (Å²) in [5, 5.41) is 1.01. The average molecular weight is 427 g/mol. The van der Waals surface area contributed by atoms with Crippen LogP contribution in [0.25, 0.3) is 16.5 Å². The quantitative estimate of drug-likeness (QED) is 0.399. The highest BCUT2D eigenvalue weighted by Gasteiger charge is 2.26. The molecule has 134 valence electrons. The van der Waals surface area contributed by atoms with Crippen molar-refractivity contribution < 1.29 is 4.79 Å². The van der Waals surface area contributed by atoms with Crippen LogP contribution in [-0.4, -0.2) is 16.5 Å². The van der Waals surface area contributed by atoms with Gasteiger partial charge in [-0.1, -0.05) is 58.4 Å². The van der Waals surface area contributed by atoms with Gasteiger partial charge in [0.1, 0.15) is 0 Å². The molecule has 0 radical (unpaired) electrons. The molecule has 4 aromatic rings. The molecule has 1 heterocycles. The summed E-state index contributed by atoms with van der Waals surface area (Å²) in [7, 11) is 0. The fourth-order valence-electron chi connectivity index (χ4n) is 3.58. The van der Waals surface area contributed by atoms with Crippen molar-refractivity contribution in [2.45, 2.75) is 0 Å². The van der Waals surface area contributed by atoms with E-state index in [2.05, 4.69) is 20.9 Å². The van der Waals surface area contributed by atoms with E-state index >= 15 is 0 Å². The first-order valence-electron chi connectivity index (χ1n) is 8.97. The Morgan fingerprint density at radius 3 is 2.39 bits per heavy atom. The smallest absolute Gasteiger partial charge is 0.194 e. The standard InChI is InChI=1S/C24H15BrN2O/c25-15-10-11-22-19(12-15)21(14-26-22)20-13-23(27-16-6-2-1-3-7-16)17-8-4-5-9-18(17)24(20)28/h1-14,26H. The Morgan fingerprint density at radius 1 is 0.821 bits per heavy atom. The summed E-state index contributed by atoms with van der Waals surface area (Å²) in [6.07, 6.45) is 3.80. The second-order valence-electron chi connectivity index (χ2n) is 6.66. The number of hydrogen-bond donors (Lipinski definition) is 1. The maximum Gasteiger partial charge on any atom is 0.194 e. The number of Topliss-reactive ketones (excluding diaryl/α,β-unsaturated/α-hetero) is 1. The number of H-pyrrole nitrogens is 1. The molecule has 0 unspecified atom stereocenters. The van der Waals surface area contributed by atoms with Gasteiger partial charge in [0.15, 0.2) is 5.78 Å². The molecule has 0 aliphatic heterocycles. The molecule has 1 aliphatic rings. The zero-order valence-electron chi connectivity index (χ0n) is 14.8. The highest BCUT2D eigenvalue weighted by molar-refractivity contribution is 9.10. The first kappa shape index (κ1) is 16.9. The van der Waals surface area contributed by atoms with E-state index in [4.69, 9.17) is 4.99 Å². The molecular weight excluding hydrogens is 412 g/mol. The molecule has 28 heavy (non-hydrogen) atoms. The summed E-state index contributed by atoms with van der Waals surface area (Å²) in [5.74, 6) is 0.0171. The molecule has 0 bridgehead atoms. The van der Waals surface area contributed by atoms with Crippen LogP contribution in [0.2, 0.25) is 0 Å². The van der Waals surface area contributed by atoms with Crippen LogP contribution in [0.4, 0.5) is 5.69 Å². The largest absolute Gasteiger partial charge is 0.361 e. The van der Waals surface area contributed by atoms with Crippen molar-refractivity contribution in [3.05, 3.63) is 106 Å². The van der Waals surface area contributed by atoms with Crippen molar-refractivity contribution in [2.24, 2.45) is 4.99 Å². The zero-order valence-corrected chi connectivity index (χ0v) is 16.4. The van der Waals surface area contributed by atoms with E-state index in [0.717, 1.165) is 37.9 Å². The van der Waals surface area contributed by atoms with Crippen LogP contribution in [0.1, 0.15) is 21.5 Å². The van der Waals surface area contributed by atoms with Gasteiger partial charge in [0.05, 0.1) is 11.4 Å². The number of carbonyl (C=O) groups excluding carboxylic acids is 1. The molecule has 1 aliphatic carbocycles. The number of para-hydroxylation sites is 1. The molecule has 0 saturated carbocycles. The number of aromatic amines is 1. The Balaban J connectivity index is 1.74. The van der Waals surface area contributed by atoms with E-state index in [0.29, 0.717) is 11.1 Å². The molecule has 4 heteroatoms. The minimum atomic E-state index is 0.0171. The summed E-state index contributed by atoms with van der Waals surface area (Å²) >= 11 is 3.53. The average Bonchev–Trinajstić information content (AvgIpc) is 3.14. The van der Waals surface area contributed by atoms with Gasteiger partial charge in [-0.2, -0.15) is 0 Å². The molecule has 0 fully saturated rings. The zero-order chi connectivity index (χ0) is 19.1. The van der Waals surface area contributed by atoms with Crippen LogP contribution in [0.15, 0.2) is 94.5 Å². The summed E-state index contributed by atoms with van der Waals surface area (Å²) in [6, 6.07) is 23.5. The summed E-state index contributed by atoms with van der Waals surface area (Å²) in [5.41, 5.74) is 5.72. The predicted octanol–water partition coefficient (Wildman–Crippen LogP) is 6.33. The van der Waals surface area contributed by atoms with Gasteiger partial charge in [0.2, 0.25) is 0 Å². The van der Waals surface area contributed by atoms with E-state index in [-0.39, 0.29) is 5.78 Å². The third-order valence-corrected chi connectivity index (χ3v) is 5.41. The summed E-state index contributed by atoms with van der Waals surface area (Å²) in [4.78, 5) is 21.4. The molecule has 0 atom stereocenters. The van der Waals surface area contributed by atoms with Gasteiger partial charge in [-0.3, -0.25) is 4.79 Å². The van der Waals surface area contributed by atoms with Crippen molar-refractivity contribution in [1.29, 1.82) is 0 Å². The number of ketones is 1. The highest BCUT2D eigenvalue weighted by Crippen LogP contribution is 2.34. The number of nitrogens with zero attached hydrogens (tertiary/aromatic N) is 1. The van der Waals surface area contributed by atoms with Crippen LogP contribution in [0.3, 0.4) is 0 Å². The van der Waals surface area contributed by atoms with Gasteiger partial charge in [-0.05, 0) is 36.4 Å². The van der Waals surface area contributed by atoms with Gasteiger partial charge in [0, 0.05) is 43.8 Å². The monoisotopic (exact) mass is 426 g/mol. The summed E-state index contributed by atoms with van der Waals surface area (Å²) in [6.45, 7) is 0. The van der Waals surface area contributed by atoms with E-state index in [1.165, 1.54) is 0 Å². The van der Waals surface area contributed by atoms with Crippen LogP contribution in [0.5, 0.6) is 0 Å². The van der Waals surface area contributed by atoms with E-state index < -0.39 is 0 Å². The van der Waals surface area contributed by atoms with Crippen LogP contribution in [-0.2, 0) is 0 Å². The van der Waals surface area contributed by atoms with E-state index in [9.17, 15) is 4.79 Å². The van der Waals surface area contributed by atoms with Crippen molar-refractivity contribution in [2.75, 3.05) is 0 Å². The molecule has 1 N–H and O–H groups in total. The SMILES string of the molecule is O=C1C(c2c[nH]c3ccc(Br)cc23)=CC(=Nc2ccccc2)c2ccccc21. The number of carbonyl (C=O) groups is 1. The van der Waals surface area contributed by atoms with Crippen molar-refractivity contribution >= 4 is 49.6 Å². The van der Waals surface area contributed by atoms with Crippen molar-refractivity contribution in [3.8, 4) is 0 Å². The topological polar surface area (TPSA) is 45.2 Å². The molecule has 0 amide bonds. The van der Waals surface area contributed by atoms with Gasteiger partial charge in [-0.15, -0.1) is 0 Å². The molecule has 3 nitrogen and oxygen atoms in total. The number of aliphatic imine (C=N–C) groups is 1. The molecule has 0 saturated heterocycles. The Morgan fingerprint density at radius 2 is 1.57 bits per heavy atom. The lowest BCUT2D eigenvalue weighted by Crippen LogP contribution is -2.16. The number of halogens is 1. The lowest BCUT2D eigenvalue weighted by atomic mass is 9.85. The van der Waals surface area contributed by atoms with Gasteiger partial charge >= 0.3 is 0 Å². The number of rotatable bonds is 2. The Hall–Kier alpha value is -3.24. The number of allylic oxidation sites excluding steroid dienone is 2. The molecule has 0 spiro atoms. The number of benzene rings is 3. The summed E-state index contributed by atoms with van der Waals surface area (Å²) < 4.78 is 0.975. The minimum absolute atomic E-state index is 0.0171. The third-order valence-electron chi connectivity index (χ3n) is 4.91. The van der Waals surface area contributed by atoms with Crippen molar-refractivity contribution in [3.63, 3.8) is 0 Å². The fraction of sp³-hybridized carbons (Fsp3) is 0. The molecular formula is C24H15BrN2O. The number of fused-ring (bicyclic) bond motifs is 2. The lowest BCUT2D eigenvalue weighted by molar-refractivity contribution is 0.105. The van der Waals surface area contributed by atoms with E-state index in [1.807, 2.05) is 85.1 Å². The minimum Gasteiger partial charge on any atom is -0.361 e. The second kappa shape index (κ2) is 6.73. The van der Waals surface area contributed by atoms with Gasteiger partial charge < -0.3 is 4.98 Å². The lowest BCUT2D eigenvalue weighted by Gasteiger charge is -2.17. The Kier molecular flexibility index (Phi) is 4.06. The first-order chi connectivity index (χ1) is 13.7. The van der Waals surface area contributed by atoms with Crippen LogP contribution < -0.4 is 0 Å². The number of hydrogen-bond acceptors (Lipinski definition) is 2. The van der Waals surface area contributed by atoms with Crippen LogP contribution in [0, 0.1) is 0 Å². The predicted molar refractivity (Wildman–Crippen MR) is 117 cm³/mol.